The molecule has 0 spiro atoms. The standard InChI is InChI=1S/C27H24FN3O6S2/c1-34-27(33)37-15-36-25-20(32)8-9-30-24(25)26(38)29-10-11-35-13-22(29)31(30)23-18-7-6-17(28)12-16(18)14-39-21-5-3-2-4-19(21)23/h2-9,12,22-23H,10-11,13-15H2,1H3/t22-,23+/m1/s1. The molecule has 6 rings (SSSR count). The van der Waals surface area contributed by atoms with E-state index in [1.165, 1.54) is 19.2 Å². The van der Waals surface area contributed by atoms with E-state index in [9.17, 15) is 14.0 Å². The van der Waals surface area contributed by atoms with Crippen molar-refractivity contribution in [3.05, 3.63) is 93.2 Å². The van der Waals surface area contributed by atoms with Crippen LogP contribution < -0.4 is 15.2 Å². The van der Waals surface area contributed by atoms with E-state index in [-0.39, 0.29) is 23.8 Å². The number of halogens is 1. The molecule has 1 fully saturated rings. The molecule has 9 nitrogen and oxygen atoms in total. The second-order valence-electron chi connectivity index (χ2n) is 9.07. The van der Waals surface area contributed by atoms with Crippen molar-refractivity contribution in [1.29, 1.82) is 0 Å². The van der Waals surface area contributed by atoms with E-state index in [0.29, 0.717) is 36.2 Å². The Kier molecular flexibility index (Phi) is 6.92. The summed E-state index contributed by atoms with van der Waals surface area (Å²) in [6.07, 6.45) is 0.404. The highest BCUT2D eigenvalue weighted by atomic mass is 32.2. The van der Waals surface area contributed by atoms with Gasteiger partial charge in [-0.15, -0.1) is 11.8 Å². The number of hydrogen-bond donors (Lipinski definition) is 0. The molecule has 2 atom stereocenters. The number of benzene rings is 2. The van der Waals surface area contributed by atoms with E-state index in [2.05, 4.69) is 21.9 Å². The van der Waals surface area contributed by atoms with Gasteiger partial charge in [-0.2, -0.15) is 0 Å². The topological polar surface area (TPSA) is 82.5 Å². The predicted octanol–water partition coefficient (Wildman–Crippen LogP) is 3.79. The number of pyridine rings is 1. The summed E-state index contributed by atoms with van der Waals surface area (Å²) in [5, 5.41) is 2.11. The van der Waals surface area contributed by atoms with E-state index in [1.807, 2.05) is 27.8 Å². The van der Waals surface area contributed by atoms with Gasteiger partial charge in [0.05, 0.1) is 26.4 Å². The number of carbonyl (C=O) groups is 1. The second-order valence-corrected chi connectivity index (χ2v) is 10.5. The Balaban J connectivity index is 1.56. The summed E-state index contributed by atoms with van der Waals surface area (Å²) in [7, 11) is 1.18. The smallest absolute Gasteiger partial charge is 0.451 e. The fraction of sp³-hybridized carbons (Fsp3) is 0.296. The van der Waals surface area contributed by atoms with Crippen LogP contribution in [0.5, 0.6) is 5.75 Å². The number of thiocarbonyl (C=S) groups is 1. The largest absolute Gasteiger partial charge is 0.510 e. The van der Waals surface area contributed by atoms with Gasteiger partial charge in [-0.3, -0.25) is 14.5 Å². The highest BCUT2D eigenvalue weighted by Crippen LogP contribution is 2.44. The zero-order chi connectivity index (χ0) is 27.1. The first-order valence-electron chi connectivity index (χ1n) is 12.2. The van der Waals surface area contributed by atoms with Crippen LogP contribution in [0.3, 0.4) is 0 Å². The Morgan fingerprint density at radius 3 is 2.90 bits per heavy atom. The van der Waals surface area contributed by atoms with Gasteiger partial charge in [-0.25, -0.2) is 9.18 Å². The van der Waals surface area contributed by atoms with Gasteiger partial charge in [-0.05, 0) is 34.9 Å². The van der Waals surface area contributed by atoms with Gasteiger partial charge in [0.25, 0.3) is 0 Å². The summed E-state index contributed by atoms with van der Waals surface area (Å²) >= 11 is 7.56. The molecule has 2 aromatic carbocycles. The Morgan fingerprint density at radius 2 is 2.05 bits per heavy atom. The van der Waals surface area contributed by atoms with Gasteiger partial charge in [0, 0.05) is 29.5 Å². The van der Waals surface area contributed by atoms with Gasteiger partial charge in [0.2, 0.25) is 12.2 Å². The Labute approximate surface area is 233 Å². The number of fused-ring (bicyclic) bond motifs is 4. The zero-order valence-corrected chi connectivity index (χ0v) is 22.5. The Morgan fingerprint density at radius 1 is 1.21 bits per heavy atom. The van der Waals surface area contributed by atoms with Crippen LogP contribution in [-0.4, -0.2) is 60.5 Å². The number of methoxy groups -OCH3 is 1. The molecule has 3 aromatic rings. The molecular formula is C27H24FN3O6S2. The number of thioether (sulfide) groups is 1. The van der Waals surface area contributed by atoms with Crippen molar-refractivity contribution in [3.63, 3.8) is 0 Å². The van der Waals surface area contributed by atoms with Crippen LogP contribution in [0.1, 0.15) is 28.4 Å². The first kappa shape index (κ1) is 25.7. The van der Waals surface area contributed by atoms with Gasteiger partial charge >= 0.3 is 6.16 Å². The van der Waals surface area contributed by atoms with Crippen molar-refractivity contribution in [2.45, 2.75) is 22.9 Å². The summed E-state index contributed by atoms with van der Waals surface area (Å²) in [5.74, 6) is 0.261. The maximum atomic E-state index is 14.4. The molecule has 0 bridgehead atoms. The molecule has 39 heavy (non-hydrogen) atoms. The zero-order valence-electron chi connectivity index (χ0n) is 20.9. The number of carbonyl (C=O) groups excluding carboxylic acids is 1. The third-order valence-electron chi connectivity index (χ3n) is 6.96. The van der Waals surface area contributed by atoms with Crippen molar-refractivity contribution >= 4 is 35.1 Å². The highest BCUT2D eigenvalue weighted by Gasteiger charge is 2.44. The molecular weight excluding hydrogens is 545 g/mol. The van der Waals surface area contributed by atoms with Gasteiger partial charge in [0.15, 0.2) is 5.75 Å². The third kappa shape index (κ3) is 4.52. The van der Waals surface area contributed by atoms with Crippen LogP contribution in [0.15, 0.2) is 64.4 Å². The minimum atomic E-state index is -0.936. The lowest BCUT2D eigenvalue weighted by atomic mass is 9.93. The molecule has 202 valence electrons. The van der Waals surface area contributed by atoms with Crippen LogP contribution in [0, 0.1) is 5.82 Å². The fourth-order valence-corrected chi connectivity index (χ4v) is 6.75. The summed E-state index contributed by atoms with van der Waals surface area (Å²) in [4.78, 5) is 28.0. The highest BCUT2D eigenvalue weighted by molar-refractivity contribution is 7.98. The summed E-state index contributed by atoms with van der Waals surface area (Å²) in [6.45, 7) is 0.789. The van der Waals surface area contributed by atoms with Gasteiger partial charge in [-0.1, -0.05) is 36.5 Å². The normalized spacial score (nSPS) is 19.7. The van der Waals surface area contributed by atoms with Gasteiger partial charge in [0.1, 0.15) is 22.7 Å². The van der Waals surface area contributed by atoms with Crippen molar-refractivity contribution in [2.75, 3.05) is 38.7 Å². The molecule has 0 aliphatic carbocycles. The van der Waals surface area contributed by atoms with Crippen LogP contribution in [0.2, 0.25) is 0 Å². The van der Waals surface area contributed by atoms with Crippen molar-refractivity contribution in [2.24, 2.45) is 0 Å². The van der Waals surface area contributed by atoms with Crippen molar-refractivity contribution in [1.82, 2.24) is 9.58 Å². The lowest BCUT2D eigenvalue weighted by Gasteiger charge is -2.52. The van der Waals surface area contributed by atoms with E-state index in [4.69, 9.17) is 26.4 Å². The molecule has 3 aliphatic heterocycles. The van der Waals surface area contributed by atoms with Crippen LogP contribution >= 0.6 is 24.0 Å². The molecule has 0 unspecified atom stereocenters. The molecule has 0 N–H and O–H groups in total. The lowest BCUT2D eigenvalue weighted by molar-refractivity contribution is 0.00643. The molecule has 3 aliphatic rings. The number of ether oxygens (including phenoxy) is 4. The average molecular weight is 570 g/mol. The molecule has 12 heteroatoms. The Hall–Kier alpha value is -3.61. The minimum absolute atomic E-state index is 0.0445. The second kappa shape index (κ2) is 10.5. The summed E-state index contributed by atoms with van der Waals surface area (Å²) < 4.78 is 37.2. The number of aromatic nitrogens is 1. The van der Waals surface area contributed by atoms with E-state index < -0.39 is 18.4 Å². The van der Waals surface area contributed by atoms with E-state index in [0.717, 1.165) is 21.6 Å². The molecule has 4 heterocycles. The first-order valence-corrected chi connectivity index (χ1v) is 13.6. The third-order valence-corrected chi connectivity index (χ3v) is 8.53. The number of rotatable bonds is 4. The molecule has 0 radical (unpaired) electrons. The summed E-state index contributed by atoms with van der Waals surface area (Å²) in [6, 6.07) is 14.0. The molecule has 1 saturated heterocycles. The van der Waals surface area contributed by atoms with Gasteiger partial charge < -0.3 is 23.8 Å². The quantitative estimate of drug-likeness (QED) is 0.263. The number of hydrogen-bond acceptors (Lipinski definition) is 9. The van der Waals surface area contributed by atoms with E-state index in [1.54, 1.807) is 24.0 Å². The predicted molar refractivity (Wildman–Crippen MR) is 145 cm³/mol. The van der Waals surface area contributed by atoms with Crippen LogP contribution in [-0.2, 0) is 20.0 Å². The lowest BCUT2D eigenvalue weighted by Crippen LogP contribution is -2.66. The maximum Gasteiger partial charge on any atom is 0.510 e. The first-order chi connectivity index (χ1) is 19.0. The van der Waals surface area contributed by atoms with E-state index >= 15 is 0 Å². The number of morpholine rings is 1. The molecule has 1 aromatic heterocycles. The van der Waals surface area contributed by atoms with Crippen LogP contribution in [0.25, 0.3) is 0 Å². The monoisotopic (exact) mass is 569 g/mol. The Bertz CT molecular complexity index is 1520. The van der Waals surface area contributed by atoms with Crippen LogP contribution in [0.4, 0.5) is 9.18 Å². The fourth-order valence-electron chi connectivity index (χ4n) is 5.27. The average Bonchev–Trinajstić information content (AvgIpc) is 3.11. The SMILES string of the molecule is COC(=O)OCOc1c2n(ccc1=O)N([C@H]1c3ccc(F)cc3CSc3ccccc31)[C@@H]1COCCN1C2=S. The molecule has 0 amide bonds. The maximum absolute atomic E-state index is 14.4. The minimum Gasteiger partial charge on any atom is -0.451 e. The molecule has 0 saturated carbocycles. The number of nitrogens with zero attached hydrogens (tertiary/aromatic N) is 3. The van der Waals surface area contributed by atoms with Crippen molar-refractivity contribution < 1.29 is 28.1 Å². The summed E-state index contributed by atoms with van der Waals surface area (Å²) in [5.41, 5.74) is 2.80. The van der Waals surface area contributed by atoms with Crippen molar-refractivity contribution in [3.8, 4) is 5.75 Å².